The fourth-order valence-electron chi connectivity index (χ4n) is 4.16. The standard InChI is InChI=1S/C23H25BrN6O6/c1-6-36-20(32)15-14(27(2)22(33)25-16(15)12-7-9-13(35-5)10-8-12)11-30-17-18(26-21(30)24)28(3)23(34)29(4)19(17)31/h7-10,16H,6,11H2,1-5H3,(H,25,33)/t16-/m0/s1. The summed E-state index contributed by atoms with van der Waals surface area (Å²) in [6.07, 6.45) is 0. The van der Waals surface area contributed by atoms with Crippen LogP contribution in [0.25, 0.3) is 11.2 Å². The van der Waals surface area contributed by atoms with Gasteiger partial charge in [-0.1, -0.05) is 12.1 Å². The van der Waals surface area contributed by atoms with Crippen LogP contribution in [0.4, 0.5) is 4.79 Å². The molecule has 3 heterocycles. The second-order valence-corrected chi connectivity index (χ2v) is 8.85. The largest absolute Gasteiger partial charge is 0.497 e. The van der Waals surface area contributed by atoms with Crippen molar-refractivity contribution >= 4 is 39.1 Å². The molecule has 13 heteroatoms. The van der Waals surface area contributed by atoms with E-state index in [2.05, 4.69) is 26.2 Å². The number of hydrogen-bond acceptors (Lipinski definition) is 7. The van der Waals surface area contributed by atoms with E-state index in [1.807, 2.05) is 0 Å². The van der Waals surface area contributed by atoms with Gasteiger partial charge in [0.05, 0.1) is 37.6 Å². The van der Waals surface area contributed by atoms with Crippen LogP contribution in [0.2, 0.25) is 0 Å². The number of fused-ring (bicyclic) bond motifs is 1. The summed E-state index contributed by atoms with van der Waals surface area (Å²) in [5.41, 5.74) is 0.397. The number of halogens is 1. The van der Waals surface area contributed by atoms with Gasteiger partial charge in [-0.25, -0.2) is 19.4 Å². The fraction of sp³-hybridized carbons (Fsp3) is 0.348. The summed E-state index contributed by atoms with van der Waals surface area (Å²) < 4.78 is 14.6. The Kier molecular flexibility index (Phi) is 6.76. The molecule has 4 rings (SSSR count). The van der Waals surface area contributed by atoms with Gasteiger partial charge in [0.15, 0.2) is 15.9 Å². The van der Waals surface area contributed by atoms with Gasteiger partial charge in [-0.05, 0) is 40.5 Å². The minimum atomic E-state index is -0.811. The minimum absolute atomic E-state index is 0.0742. The summed E-state index contributed by atoms with van der Waals surface area (Å²) in [4.78, 5) is 57.3. The highest BCUT2D eigenvalue weighted by molar-refractivity contribution is 9.10. The number of benzene rings is 1. The number of nitrogens with one attached hydrogen (secondary N) is 1. The van der Waals surface area contributed by atoms with Gasteiger partial charge in [0.1, 0.15) is 5.75 Å². The van der Waals surface area contributed by atoms with Crippen LogP contribution in [0.5, 0.6) is 5.75 Å². The number of amides is 2. The molecule has 190 valence electrons. The number of urea groups is 1. The highest BCUT2D eigenvalue weighted by Gasteiger charge is 2.37. The average Bonchev–Trinajstić information content (AvgIpc) is 3.20. The third-order valence-corrected chi connectivity index (χ3v) is 6.74. The molecule has 3 aromatic rings. The van der Waals surface area contributed by atoms with Crippen molar-refractivity contribution < 1.29 is 19.1 Å². The Morgan fingerprint density at radius 3 is 2.39 bits per heavy atom. The quantitative estimate of drug-likeness (QED) is 0.356. The van der Waals surface area contributed by atoms with E-state index in [1.54, 1.807) is 38.3 Å². The van der Waals surface area contributed by atoms with Crippen LogP contribution in [-0.2, 0) is 30.2 Å². The zero-order valence-electron chi connectivity index (χ0n) is 20.4. The van der Waals surface area contributed by atoms with Gasteiger partial charge in [-0.15, -0.1) is 0 Å². The maximum absolute atomic E-state index is 13.2. The van der Waals surface area contributed by atoms with Crippen LogP contribution >= 0.6 is 15.9 Å². The highest BCUT2D eigenvalue weighted by atomic mass is 79.9. The van der Waals surface area contributed by atoms with E-state index < -0.39 is 29.3 Å². The molecule has 0 aliphatic carbocycles. The SMILES string of the molecule is CCOC(=O)C1=C(Cn2c(Br)nc3c2c(=O)n(C)c(=O)n3C)N(C)C(=O)N[C@H]1c1ccc(OC)cc1. The summed E-state index contributed by atoms with van der Waals surface area (Å²) in [5.74, 6) is 0.0104. The number of methoxy groups -OCH3 is 1. The number of carbonyl (C=O) groups is 2. The fourth-order valence-corrected chi connectivity index (χ4v) is 4.63. The summed E-state index contributed by atoms with van der Waals surface area (Å²) >= 11 is 3.37. The van der Waals surface area contributed by atoms with E-state index in [1.165, 1.54) is 35.2 Å². The number of allylic oxidation sites excluding steroid dienone is 1. The maximum atomic E-state index is 13.2. The minimum Gasteiger partial charge on any atom is -0.497 e. The lowest BCUT2D eigenvalue weighted by molar-refractivity contribution is -0.139. The van der Waals surface area contributed by atoms with Gasteiger partial charge in [0.25, 0.3) is 5.56 Å². The van der Waals surface area contributed by atoms with E-state index in [9.17, 15) is 19.2 Å². The van der Waals surface area contributed by atoms with Crippen molar-refractivity contribution in [2.75, 3.05) is 20.8 Å². The number of esters is 1. The van der Waals surface area contributed by atoms with E-state index in [4.69, 9.17) is 9.47 Å². The Hall–Kier alpha value is -3.87. The second-order valence-electron chi connectivity index (χ2n) is 8.14. The van der Waals surface area contributed by atoms with E-state index in [0.29, 0.717) is 17.0 Å². The van der Waals surface area contributed by atoms with Crippen molar-refractivity contribution in [2.45, 2.75) is 19.5 Å². The first kappa shape index (κ1) is 25.2. The molecule has 0 radical (unpaired) electrons. The average molecular weight is 561 g/mol. The molecule has 0 spiro atoms. The van der Waals surface area contributed by atoms with Crippen LogP contribution in [0.3, 0.4) is 0 Å². The lowest BCUT2D eigenvalue weighted by Crippen LogP contribution is -2.47. The number of carbonyl (C=O) groups excluding carboxylic acids is 2. The molecule has 36 heavy (non-hydrogen) atoms. The van der Waals surface area contributed by atoms with Gasteiger partial charge in [-0.2, -0.15) is 0 Å². The molecule has 0 saturated heterocycles. The van der Waals surface area contributed by atoms with Crippen LogP contribution < -0.4 is 21.3 Å². The van der Waals surface area contributed by atoms with Crippen LogP contribution in [0.1, 0.15) is 18.5 Å². The normalized spacial score (nSPS) is 15.9. The summed E-state index contributed by atoms with van der Waals surface area (Å²) in [6.45, 7) is 1.74. The van der Waals surface area contributed by atoms with Crippen molar-refractivity contribution in [2.24, 2.45) is 14.1 Å². The first-order valence-corrected chi connectivity index (χ1v) is 11.8. The Bertz CT molecular complexity index is 1520. The topological polar surface area (TPSA) is 130 Å². The number of imidazole rings is 1. The third kappa shape index (κ3) is 4.08. The number of aromatic nitrogens is 4. The van der Waals surface area contributed by atoms with Gasteiger partial charge in [0.2, 0.25) is 0 Å². The maximum Gasteiger partial charge on any atom is 0.338 e. The summed E-state index contributed by atoms with van der Waals surface area (Å²) in [5, 5.41) is 2.85. The first-order valence-electron chi connectivity index (χ1n) is 11.0. The second kappa shape index (κ2) is 9.64. The van der Waals surface area contributed by atoms with E-state index in [0.717, 1.165) is 4.57 Å². The number of rotatable bonds is 6. The smallest absolute Gasteiger partial charge is 0.338 e. The molecule has 1 aromatic carbocycles. The number of hydrogen-bond donors (Lipinski definition) is 1. The molecular formula is C23H25BrN6O6. The molecule has 2 aromatic heterocycles. The number of nitrogens with zero attached hydrogens (tertiary/aromatic N) is 5. The first-order chi connectivity index (χ1) is 17.1. The predicted molar refractivity (Wildman–Crippen MR) is 134 cm³/mol. The van der Waals surface area contributed by atoms with E-state index in [-0.39, 0.29) is 34.6 Å². The van der Waals surface area contributed by atoms with Gasteiger partial charge in [-0.3, -0.25) is 18.8 Å². The molecule has 0 unspecified atom stereocenters. The third-order valence-electron chi connectivity index (χ3n) is 6.13. The van der Waals surface area contributed by atoms with Crippen molar-refractivity contribution in [3.8, 4) is 5.75 Å². The number of aryl methyl sites for hydroxylation is 1. The van der Waals surface area contributed by atoms with Crippen molar-refractivity contribution in [3.05, 3.63) is 66.7 Å². The molecule has 0 bridgehead atoms. The van der Waals surface area contributed by atoms with Crippen molar-refractivity contribution in [1.29, 1.82) is 0 Å². The predicted octanol–water partition coefficient (Wildman–Crippen LogP) is 1.42. The van der Waals surface area contributed by atoms with Crippen LogP contribution in [-0.4, -0.2) is 56.3 Å². The number of likely N-dealkylation sites (N-methyl/N-ethyl adjacent to an activating group) is 1. The van der Waals surface area contributed by atoms with Crippen LogP contribution in [0, 0.1) is 0 Å². The Morgan fingerprint density at radius 1 is 1.11 bits per heavy atom. The van der Waals surface area contributed by atoms with Crippen molar-refractivity contribution in [1.82, 2.24) is 28.9 Å². The van der Waals surface area contributed by atoms with Gasteiger partial charge >= 0.3 is 17.7 Å². The number of ether oxygens (including phenoxy) is 2. The zero-order chi connectivity index (χ0) is 26.3. The van der Waals surface area contributed by atoms with Gasteiger partial charge < -0.3 is 19.4 Å². The van der Waals surface area contributed by atoms with Crippen LogP contribution in [0.15, 0.2) is 49.9 Å². The van der Waals surface area contributed by atoms with E-state index >= 15 is 0 Å². The lowest BCUT2D eigenvalue weighted by atomic mass is 9.94. The highest BCUT2D eigenvalue weighted by Crippen LogP contribution is 2.33. The molecule has 1 N–H and O–H groups in total. The van der Waals surface area contributed by atoms with Gasteiger partial charge in [0, 0.05) is 21.1 Å². The molecule has 1 aliphatic rings. The molecule has 2 amide bonds. The zero-order valence-corrected chi connectivity index (χ0v) is 22.0. The molecular weight excluding hydrogens is 536 g/mol. The Morgan fingerprint density at radius 2 is 1.78 bits per heavy atom. The van der Waals surface area contributed by atoms with Crippen molar-refractivity contribution in [3.63, 3.8) is 0 Å². The molecule has 1 aliphatic heterocycles. The molecule has 1 atom stereocenters. The monoisotopic (exact) mass is 560 g/mol. The molecule has 12 nitrogen and oxygen atoms in total. The molecule has 0 saturated carbocycles. The Labute approximate surface area is 213 Å². The Balaban J connectivity index is 1.96. The molecule has 0 fully saturated rings. The summed E-state index contributed by atoms with van der Waals surface area (Å²) in [7, 11) is 5.95. The lowest BCUT2D eigenvalue weighted by Gasteiger charge is -2.35. The summed E-state index contributed by atoms with van der Waals surface area (Å²) in [6, 6.07) is 5.70.